The van der Waals surface area contributed by atoms with E-state index in [1.807, 2.05) is 13.8 Å². The lowest BCUT2D eigenvalue weighted by Crippen LogP contribution is -2.37. The summed E-state index contributed by atoms with van der Waals surface area (Å²) in [7, 11) is 0. The molecule has 1 aromatic carbocycles. The predicted octanol–water partition coefficient (Wildman–Crippen LogP) is 1.89. The Bertz CT molecular complexity index is 631. The monoisotopic (exact) mass is 334 g/mol. The molecule has 0 aliphatic heterocycles. The minimum Gasteiger partial charge on any atom is -0.423 e. The van der Waals surface area contributed by atoms with Crippen LogP contribution >= 0.6 is 0 Å². The number of carbonyl (C=O) groups excluding carboxylic acids is 1. The zero-order valence-corrected chi connectivity index (χ0v) is 13.7. The lowest BCUT2D eigenvalue weighted by molar-refractivity contribution is 0.0274. The minimum absolute atomic E-state index is 0.104. The number of rotatable bonds is 8. The molecule has 0 aliphatic carbocycles. The molecule has 24 heavy (non-hydrogen) atoms. The lowest BCUT2D eigenvalue weighted by Gasteiger charge is -2.14. The summed E-state index contributed by atoms with van der Waals surface area (Å²) in [6.45, 7) is 4.92. The van der Waals surface area contributed by atoms with Crippen LogP contribution in [0.25, 0.3) is 11.5 Å². The first-order valence-electron chi connectivity index (χ1n) is 7.72. The van der Waals surface area contributed by atoms with Crippen LogP contribution in [0.3, 0.4) is 0 Å². The zero-order chi connectivity index (χ0) is 17.4. The van der Waals surface area contributed by atoms with Crippen LogP contribution in [0.15, 0.2) is 35.1 Å². The number of amides is 2. The van der Waals surface area contributed by atoms with Gasteiger partial charge in [-0.1, -0.05) is 19.9 Å². The van der Waals surface area contributed by atoms with Crippen LogP contribution in [0.5, 0.6) is 0 Å². The van der Waals surface area contributed by atoms with Gasteiger partial charge in [-0.2, -0.15) is 0 Å². The van der Waals surface area contributed by atoms with Gasteiger partial charge in [-0.3, -0.25) is 0 Å². The molecular weight excluding hydrogens is 312 g/mol. The van der Waals surface area contributed by atoms with Gasteiger partial charge in [0.25, 0.3) is 0 Å². The van der Waals surface area contributed by atoms with Gasteiger partial charge in [-0.25, -0.2) is 4.79 Å². The smallest absolute Gasteiger partial charge is 0.319 e. The first-order chi connectivity index (χ1) is 11.5. The summed E-state index contributed by atoms with van der Waals surface area (Å²) < 4.78 is 10.4. The Morgan fingerprint density at radius 3 is 2.92 bits per heavy atom. The van der Waals surface area contributed by atoms with Gasteiger partial charge in [-0.15, -0.1) is 10.2 Å². The predicted molar refractivity (Wildman–Crippen MR) is 88.4 cm³/mol. The van der Waals surface area contributed by atoms with Crippen LogP contribution in [0.1, 0.15) is 13.8 Å². The van der Waals surface area contributed by atoms with Gasteiger partial charge in [-0.05, 0) is 24.1 Å². The van der Waals surface area contributed by atoms with Crippen molar-refractivity contribution in [2.24, 2.45) is 5.92 Å². The number of aromatic nitrogens is 2. The SMILES string of the molecule is CC(C)COCC(O)CNC(=O)Nc1cccc(-c2nnco2)c1. The van der Waals surface area contributed by atoms with E-state index in [0.717, 1.165) is 0 Å². The fourth-order valence-corrected chi connectivity index (χ4v) is 1.91. The molecule has 2 aromatic rings. The number of anilines is 1. The maximum Gasteiger partial charge on any atom is 0.319 e. The summed E-state index contributed by atoms with van der Waals surface area (Å²) in [4.78, 5) is 11.9. The maximum absolute atomic E-state index is 11.9. The average Bonchev–Trinajstić information content (AvgIpc) is 3.07. The summed E-state index contributed by atoms with van der Waals surface area (Å²) in [6.07, 6.45) is 0.490. The first-order valence-corrected chi connectivity index (χ1v) is 7.72. The normalized spacial score (nSPS) is 12.2. The second-order valence-electron chi connectivity index (χ2n) is 5.74. The van der Waals surface area contributed by atoms with Crippen molar-refractivity contribution in [3.8, 4) is 11.5 Å². The molecule has 8 nitrogen and oxygen atoms in total. The van der Waals surface area contributed by atoms with Crippen LogP contribution < -0.4 is 10.6 Å². The molecule has 1 heterocycles. The molecular formula is C16H22N4O4. The summed E-state index contributed by atoms with van der Waals surface area (Å²) in [5, 5.41) is 22.5. The van der Waals surface area contributed by atoms with Crippen LogP contribution in [-0.4, -0.2) is 47.2 Å². The van der Waals surface area contributed by atoms with Gasteiger partial charge >= 0.3 is 6.03 Å². The first kappa shape index (κ1) is 17.9. The van der Waals surface area contributed by atoms with Gasteiger partial charge < -0.3 is 24.9 Å². The summed E-state index contributed by atoms with van der Waals surface area (Å²) in [6, 6.07) is 6.60. The van der Waals surface area contributed by atoms with Crippen molar-refractivity contribution in [1.29, 1.82) is 0 Å². The Balaban J connectivity index is 1.77. The van der Waals surface area contributed by atoms with Crippen LogP contribution in [-0.2, 0) is 4.74 Å². The third-order valence-electron chi connectivity index (χ3n) is 2.99. The number of nitrogens with one attached hydrogen (secondary N) is 2. The molecule has 1 atom stereocenters. The Hall–Kier alpha value is -2.45. The Morgan fingerprint density at radius 1 is 1.38 bits per heavy atom. The molecule has 0 bridgehead atoms. The van der Waals surface area contributed by atoms with Gasteiger partial charge in [0.15, 0.2) is 0 Å². The number of ether oxygens (including phenoxy) is 1. The van der Waals surface area contributed by atoms with Crippen molar-refractivity contribution in [3.05, 3.63) is 30.7 Å². The number of aliphatic hydroxyl groups is 1. The fourth-order valence-electron chi connectivity index (χ4n) is 1.91. The van der Waals surface area contributed by atoms with Crippen molar-refractivity contribution in [2.75, 3.05) is 25.1 Å². The maximum atomic E-state index is 11.9. The summed E-state index contributed by atoms with van der Waals surface area (Å²) in [5.41, 5.74) is 1.28. The van der Waals surface area contributed by atoms with E-state index in [1.54, 1.807) is 24.3 Å². The van der Waals surface area contributed by atoms with Gasteiger partial charge in [0, 0.05) is 24.4 Å². The van der Waals surface area contributed by atoms with E-state index in [-0.39, 0.29) is 13.2 Å². The fraction of sp³-hybridized carbons (Fsp3) is 0.438. The quantitative estimate of drug-likeness (QED) is 0.680. The molecule has 1 aromatic heterocycles. The molecule has 0 saturated carbocycles. The van der Waals surface area contributed by atoms with E-state index in [9.17, 15) is 9.90 Å². The zero-order valence-electron chi connectivity index (χ0n) is 13.7. The minimum atomic E-state index is -0.751. The van der Waals surface area contributed by atoms with Crippen LogP contribution in [0.2, 0.25) is 0 Å². The summed E-state index contributed by atoms with van der Waals surface area (Å²) in [5.74, 6) is 0.774. The van der Waals surface area contributed by atoms with E-state index in [0.29, 0.717) is 29.7 Å². The third-order valence-corrected chi connectivity index (χ3v) is 2.99. The highest BCUT2D eigenvalue weighted by Gasteiger charge is 2.09. The van der Waals surface area contributed by atoms with E-state index in [1.165, 1.54) is 6.39 Å². The van der Waals surface area contributed by atoms with Crippen molar-refractivity contribution in [2.45, 2.75) is 20.0 Å². The van der Waals surface area contributed by atoms with Crippen molar-refractivity contribution >= 4 is 11.7 Å². The molecule has 0 spiro atoms. The van der Waals surface area contributed by atoms with E-state index in [4.69, 9.17) is 9.15 Å². The highest BCUT2D eigenvalue weighted by Crippen LogP contribution is 2.20. The van der Waals surface area contributed by atoms with Gasteiger partial charge in [0.05, 0.1) is 12.7 Å². The molecule has 0 fully saturated rings. The average molecular weight is 334 g/mol. The van der Waals surface area contributed by atoms with E-state index >= 15 is 0 Å². The van der Waals surface area contributed by atoms with Crippen LogP contribution in [0.4, 0.5) is 10.5 Å². The molecule has 1 unspecified atom stereocenters. The van der Waals surface area contributed by atoms with Gasteiger partial charge in [0.1, 0.15) is 0 Å². The van der Waals surface area contributed by atoms with Crippen LogP contribution in [0, 0.1) is 5.92 Å². The largest absolute Gasteiger partial charge is 0.423 e. The molecule has 130 valence electrons. The van der Waals surface area contributed by atoms with E-state index in [2.05, 4.69) is 20.8 Å². The van der Waals surface area contributed by atoms with Crippen molar-refractivity contribution in [1.82, 2.24) is 15.5 Å². The Kier molecular flexibility index (Phi) is 6.71. The topological polar surface area (TPSA) is 110 Å². The number of carbonyl (C=O) groups is 1. The number of urea groups is 1. The number of hydrogen-bond donors (Lipinski definition) is 3. The lowest BCUT2D eigenvalue weighted by atomic mass is 10.2. The number of aliphatic hydroxyl groups excluding tert-OH is 1. The van der Waals surface area contributed by atoms with Crippen molar-refractivity contribution in [3.63, 3.8) is 0 Å². The molecule has 2 rings (SSSR count). The highest BCUT2D eigenvalue weighted by atomic mass is 16.5. The molecule has 3 N–H and O–H groups in total. The Morgan fingerprint density at radius 2 is 2.21 bits per heavy atom. The molecule has 0 radical (unpaired) electrons. The Labute approximate surface area is 140 Å². The number of hydrogen-bond acceptors (Lipinski definition) is 6. The standard InChI is InChI=1S/C16H22N4O4/c1-11(2)8-23-9-14(21)7-17-16(22)19-13-5-3-4-12(6-13)15-20-18-10-24-15/h3-6,10-11,14,21H,7-9H2,1-2H3,(H2,17,19,22). The van der Waals surface area contributed by atoms with E-state index < -0.39 is 12.1 Å². The molecule has 2 amide bonds. The summed E-state index contributed by atoms with van der Waals surface area (Å²) >= 11 is 0. The third kappa shape index (κ3) is 5.98. The second-order valence-corrected chi connectivity index (χ2v) is 5.74. The van der Waals surface area contributed by atoms with Crippen molar-refractivity contribution < 1.29 is 19.1 Å². The molecule has 8 heteroatoms. The highest BCUT2D eigenvalue weighted by molar-refractivity contribution is 5.89. The molecule has 0 saturated heterocycles. The van der Waals surface area contributed by atoms with Gasteiger partial charge in [0.2, 0.25) is 12.3 Å². The molecule has 0 aliphatic rings. The number of nitrogens with zero attached hydrogens (tertiary/aromatic N) is 2. The second kappa shape index (κ2) is 8.99. The number of benzene rings is 1.